The first-order chi connectivity index (χ1) is 8.28. The maximum atomic E-state index is 5.41. The van der Waals surface area contributed by atoms with Crippen LogP contribution in [0, 0.1) is 5.92 Å². The van der Waals surface area contributed by atoms with Gasteiger partial charge in [0.1, 0.15) is 0 Å². The van der Waals surface area contributed by atoms with Gasteiger partial charge in [0.05, 0.1) is 6.20 Å². The second-order valence-electron chi connectivity index (χ2n) is 4.55. The van der Waals surface area contributed by atoms with Crippen molar-refractivity contribution in [3.63, 3.8) is 0 Å². The van der Waals surface area contributed by atoms with Crippen LogP contribution in [0.4, 0.5) is 11.6 Å². The highest BCUT2D eigenvalue weighted by Gasteiger charge is 2.28. The van der Waals surface area contributed by atoms with Gasteiger partial charge in [0.25, 0.3) is 0 Å². The molecule has 0 radical (unpaired) electrons. The first kappa shape index (κ1) is 10.3. The molecule has 0 aromatic carbocycles. The summed E-state index contributed by atoms with van der Waals surface area (Å²) in [4.78, 5) is 8.71. The van der Waals surface area contributed by atoms with Crippen molar-refractivity contribution < 1.29 is 0 Å². The van der Waals surface area contributed by atoms with Crippen LogP contribution in [0.1, 0.15) is 19.8 Å². The maximum absolute atomic E-state index is 5.41. The highest BCUT2D eigenvalue weighted by Crippen LogP contribution is 2.34. The van der Waals surface area contributed by atoms with Crippen LogP contribution in [-0.2, 0) is 0 Å². The van der Waals surface area contributed by atoms with Crippen molar-refractivity contribution in [1.29, 1.82) is 0 Å². The van der Waals surface area contributed by atoms with Crippen molar-refractivity contribution in [3.05, 3.63) is 18.6 Å². The Labute approximate surface area is 99.2 Å². The molecule has 1 aliphatic carbocycles. The Morgan fingerprint density at radius 1 is 1.53 bits per heavy atom. The van der Waals surface area contributed by atoms with E-state index in [9.17, 15) is 0 Å². The predicted molar refractivity (Wildman–Crippen MR) is 66.6 cm³/mol. The van der Waals surface area contributed by atoms with Crippen LogP contribution in [0.3, 0.4) is 0 Å². The molecule has 6 nitrogen and oxygen atoms in total. The molecule has 2 aromatic rings. The Bertz CT molecular complexity index is 530. The summed E-state index contributed by atoms with van der Waals surface area (Å²) in [5.41, 5.74) is 3.40. The lowest BCUT2D eigenvalue weighted by Crippen LogP contribution is -2.20. The van der Waals surface area contributed by atoms with E-state index in [2.05, 4.69) is 27.6 Å². The average molecular weight is 232 g/mol. The molecule has 3 rings (SSSR count). The monoisotopic (exact) mass is 232 g/mol. The number of aromatic nitrogens is 3. The fraction of sp³-hybridized carbons (Fsp3) is 0.455. The first-order valence-corrected chi connectivity index (χ1v) is 5.85. The largest absolute Gasteiger partial charge is 0.364 e. The van der Waals surface area contributed by atoms with E-state index in [0.717, 1.165) is 17.4 Å². The number of nitrogens with two attached hydrogens (primary N) is 1. The zero-order valence-corrected chi connectivity index (χ0v) is 9.72. The normalized spacial score (nSPS) is 17.1. The summed E-state index contributed by atoms with van der Waals surface area (Å²) in [5, 5.41) is 3.42. The zero-order chi connectivity index (χ0) is 11.8. The zero-order valence-electron chi connectivity index (χ0n) is 9.72. The lowest BCUT2D eigenvalue weighted by Gasteiger charge is -2.14. The van der Waals surface area contributed by atoms with Crippen molar-refractivity contribution in [2.24, 2.45) is 11.8 Å². The number of hydrogen-bond acceptors (Lipinski definition) is 5. The molecule has 2 aromatic heterocycles. The molecule has 6 heteroatoms. The molecule has 0 saturated heterocycles. The molecule has 2 heterocycles. The van der Waals surface area contributed by atoms with Gasteiger partial charge in [-0.05, 0) is 25.7 Å². The van der Waals surface area contributed by atoms with Crippen LogP contribution in [0.15, 0.2) is 18.6 Å². The molecule has 1 unspecified atom stereocenters. The predicted octanol–water partition coefficient (Wildman–Crippen LogP) is 1.23. The van der Waals surface area contributed by atoms with Crippen LogP contribution >= 0.6 is 0 Å². The summed E-state index contributed by atoms with van der Waals surface area (Å²) >= 11 is 0. The number of hydrazine groups is 1. The Hall–Kier alpha value is -1.82. The molecular weight excluding hydrogens is 216 g/mol. The Morgan fingerprint density at radius 2 is 2.35 bits per heavy atom. The lowest BCUT2D eigenvalue weighted by atomic mass is 10.2. The SMILES string of the molecule is CC(Nc1nc(NN)cn2ccnc12)C1CC1. The number of imidazole rings is 1. The molecule has 17 heavy (non-hydrogen) atoms. The van der Waals surface area contributed by atoms with Crippen LogP contribution < -0.4 is 16.6 Å². The minimum Gasteiger partial charge on any atom is -0.364 e. The summed E-state index contributed by atoms with van der Waals surface area (Å²) < 4.78 is 1.91. The van der Waals surface area contributed by atoms with Crippen LogP contribution in [-0.4, -0.2) is 20.4 Å². The maximum Gasteiger partial charge on any atom is 0.180 e. The average Bonchev–Trinajstić information content (AvgIpc) is 3.07. The van der Waals surface area contributed by atoms with E-state index < -0.39 is 0 Å². The number of nitrogens with zero attached hydrogens (tertiary/aromatic N) is 3. The molecule has 1 saturated carbocycles. The second-order valence-corrected chi connectivity index (χ2v) is 4.55. The second kappa shape index (κ2) is 3.89. The number of fused-ring (bicyclic) bond motifs is 1. The van der Waals surface area contributed by atoms with Crippen molar-refractivity contribution in [2.45, 2.75) is 25.8 Å². The van der Waals surface area contributed by atoms with Crippen LogP contribution in [0.2, 0.25) is 0 Å². The molecule has 0 spiro atoms. The van der Waals surface area contributed by atoms with Gasteiger partial charge in [0.15, 0.2) is 17.3 Å². The standard InChI is InChI=1S/C11H16N6/c1-7(8-2-3-8)14-10-11-13-4-5-17(11)6-9(15-10)16-12/h4-8,16H,2-3,12H2,1H3,(H,14,15). The van der Waals surface area contributed by atoms with E-state index in [1.54, 1.807) is 6.20 Å². The van der Waals surface area contributed by atoms with E-state index >= 15 is 0 Å². The number of nitrogens with one attached hydrogen (secondary N) is 2. The minimum atomic E-state index is 0.427. The van der Waals surface area contributed by atoms with E-state index in [1.807, 2.05) is 16.8 Å². The highest BCUT2D eigenvalue weighted by molar-refractivity contribution is 5.65. The van der Waals surface area contributed by atoms with Gasteiger partial charge in [-0.3, -0.25) is 0 Å². The van der Waals surface area contributed by atoms with E-state index in [1.165, 1.54) is 12.8 Å². The molecule has 0 bridgehead atoms. The smallest absolute Gasteiger partial charge is 0.180 e. The Kier molecular flexibility index (Phi) is 2.36. The fourth-order valence-electron chi connectivity index (χ4n) is 2.03. The molecule has 1 aliphatic rings. The van der Waals surface area contributed by atoms with Crippen molar-refractivity contribution in [2.75, 3.05) is 10.7 Å². The Morgan fingerprint density at radius 3 is 3.06 bits per heavy atom. The van der Waals surface area contributed by atoms with Crippen LogP contribution in [0.5, 0.6) is 0 Å². The summed E-state index contributed by atoms with van der Waals surface area (Å²) in [6.07, 6.45) is 8.05. The number of rotatable bonds is 4. The van der Waals surface area contributed by atoms with Crippen molar-refractivity contribution in [3.8, 4) is 0 Å². The van der Waals surface area contributed by atoms with Gasteiger partial charge < -0.3 is 15.1 Å². The van der Waals surface area contributed by atoms with Gasteiger partial charge >= 0.3 is 0 Å². The summed E-state index contributed by atoms with van der Waals surface area (Å²) in [7, 11) is 0. The highest BCUT2D eigenvalue weighted by atomic mass is 15.3. The van der Waals surface area contributed by atoms with Crippen LogP contribution in [0.25, 0.3) is 5.65 Å². The molecule has 0 amide bonds. The van der Waals surface area contributed by atoms with E-state index in [0.29, 0.717) is 11.9 Å². The van der Waals surface area contributed by atoms with Gasteiger partial charge in [-0.2, -0.15) is 0 Å². The summed E-state index contributed by atoms with van der Waals surface area (Å²) in [6, 6.07) is 0.427. The van der Waals surface area contributed by atoms with Gasteiger partial charge in [0, 0.05) is 18.4 Å². The number of anilines is 2. The third-order valence-corrected chi connectivity index (χ3v) is 3.22. The fourth-order valence-corrected chi connectivity index (χ4v) is 2.03. The third kappa shape index (κ3) is 1.91. The number of nitrogen functional groups attached to an aromatic ring is 1. The minimum absolute atomic E-state index is 0.427. The quantitative estimate of drug-likeness (QED) is 0.545. The number of hydrogen-bond donors (Lipinski definition) is 3. The van der Waals surface area contributed by atoms with Gasteiger partial charge in [-0.1, -0.05) is 0 Å². The molecule has 1 fully saturated rings. The van der Waals surface area contributed by atoms with Gasteiger partial charge in [-0.15, -0.1) is 0 Å². The van der Waals surface area contributed by atoms with Gasteiger partial charge in [-0.25, -0.2) is 15.8 Å². The van der Waals surface area contributed by atoms with E-state index in [4.69, 9.17) is 5.84 Å². The first-order valence-electron chi connectivity index (χ1n) is 5.85. The topological polar surface area (TPSA) is 80.3 Å². The summed E-state index contributed by atoms with van der Waals surface area (Å²) in [5.74, 6) is 7.58. The lowest BCUT2D eigenvalue weighted by molar-refractivity contribution is 0.691. The molecule has 1 atom stereocenters. The van der Waals surface area contributed by atoms with Crippen molar-refractivity contribution >= 4 is 17.3 Å². The van der Waals surface area contributed by atoms with Crippen molar-refractivity contribution in [1.82, 2.24) is 14.4 Å². The molecular formula is C11H16N6. The van der Waals surface area contributed by atoms with E-state index in [-0.39, 0.29) is 0 Å². The third-order valence-electron chi connectivity index (χ3n) is 3.22. The molecule has 90 valence electrons. The molecule has 0 aliphatic heterocycles. The van der Waals surface area contributed by atoms with Gasteiger partial charge in [0.2, 0.25) is 0 Å². The summed E-state index contributed by atoms with van der Waals surface area (Å²) in [6.45, 7) is 2.18. The Balaban J connectivity index is 1.97. The molecule has 4 N–H and O–H groups in total.